The molecule has 0 bridgehead atoms. The van der Waals surface area contributed by atoms with Crippen LogP contribution in [0.25, 0.3) is 0 Å². The Labute approximate surface area is 116 Å². The second kappa shape index (κ2) is 5.37. The third-order valence-electron chi connectivity index (χ3n) is 3.51. The van der Waals surface area contributed by atoms with E-state index >= 15 is 0 Å². The first kappa shape index (κ1) is 15.3. The minimum Gasteiger partial charge on any atom is -0.207 e. The van der Waals surface area contributed by atoms with E-state index in [0.717, 1.165) is 31.4 Å². The van der Waals surface area contributed by atoms with Gasteiger partial charge in [0.15, 0.2) is 0 Å². The number of halogens is 3. The SMILES string of the molecule is CC1CCCCN1S(=O)(=O)c1cccc(C(F)(F)F)c1. The average molecular weight is 307 g/mol. The van der Waals surface area contributed by atoms with Crippen LogP contribution in [0, 0.1) is 0 Å². The zero-order valence-electron chi connectivity index (χ0n) is 11.0. The van der Waals surface area contributed by atoms with Crippen LogP contribution in [0.4, 0.5) is 13.2 Å². The molecule has 0 radical (unpaired) electrons. The highest BCUT2D eigenvalue weighted by molar-refractivity contribution is 7.89. The quantitative estimate of drug-likeness (QED) is 0.841. The fourth-order valence-corrected chi connectivity index (χ4v) is 4.14. The summed E-state index contributed by atoms with van der Waals surface area (Å²) in [6.45, 7) is 2.14. The van der Waals surface area contributed by atoms with E-state index in [-0.39, 0.29) is 10.9 Å². The van der Waals surface area contributed by atoms with Crippen molar-refractivity contribution in [1.82, 2.24) is 4.31 Å². The van der Waals surface area contributed by atoms with Gasteiger partial charge in [0, 0.05) is 12.6 Å². The van der Waals surface area contributed by atoms with Crippen molar-refractivity contribution in [2.24, 2.45) is 0 Å². The lowest BCUT2D eigenvalue weighted by Gasteiger charge is -2.32. The van der Waals surface area contributed by atoms with Gasteiger partial charge in [0.25, 0.3) is 0 Å². The van der Waals surface area contributed by atoms with Gasteiger partial charge in [-0.3, -0.25) is 0 Å². The Hall–Kier alpha value is -1.08. The Kier molecular flexibility index (Phi) is 4.11. The molecule has 2 rings (SSSR count). The Morgan fingerprint density at radius 3 is 2.55 bits per heavy atom. The molecule has 1 aliphatic heterocycles. The van der Waals surface area contributed by atoms with Gasteiger partial charge in [-0.1, -0.05) is 12.5 Å². The molecule has 1 atom stereocenters. The minimum absolute atomic E-state index is 0.178. The number of hydrogen-bond donors (Lipinski definition) is 0. The van der Waals surface area contributed by atoms with Crippen LogP contribution in [0.2, 0.25) is 0 Å². The molecule has 1 saturated heterocycles. The average Bonchev–Trinajstić information content (AvgIpc) is 2.38. The van der Waals surface area contributed by atoms with Gasteiger partial charge in [0.2, 0.25) is 10.0 Å². The minimum atomic E-state index is -4.54. The molecule has 0 aliphatic carbocycles. The van der Waals surface area contributed by atoms with Crippen molar-refractivity contribution in [2.75, 3.05) is 6.54 Å². The fraction of sp³-hybridized carbons (Fsp3) is 0.538. The standard InChI is InChI=1S/C13H16F3NO2S/c1-10-5-2-3-8-17(10)20(18,19)12-7-4-6-11(9-12)13(14,15)16/h4,6-7,9-10H,2-3,5,8H2,1H3. The van der Waals surface area contributed by atoms with Crippen LogP contribution in [0.5, 0.6) is 0 Å². The predicted molar refractivity (Wildman–Crippen MR) is 68.6 cm³/mol. The van der Waals surface area contributed by atoms with Crippen LogP contribution < -0.4 is 0 Å². The normalized spacial score (nSPS) is 21.9. The molecule has 112 valence electrons. The first-order valence-electron chi connectivity index (χ1n) is 6.42. The van der Waals surface area contributed by atoms with E-state index in [1.165, 1.54) is 10.4 Å². The van der Waals surface area contributed by atoms with Crippen molar-refractivity contribution in [3.63, 3.8) is 0 Å². The lowest BCUT2D eigenvalue weighted by molar-refractivity contribution is -0.137. The second-order valence-corrected chi connectivity index (χ2v) is 6.88. The first-order valence-corrected chi connectivity index (χ1v) is 7.86. The van der Waals surface area contributed by atoms with E-state index in [0.29, 0.717) is 12.6 Å². The molecule has 1 heterocycles. The molecule has 1 aliphatic rings. The van der Waals surface area contributed by atoms with Crippen LogP contribution in [0.15, 0.2) is 29.2 Å². The van der Waals surface area contributed by atoms with Gasteiger partial charge in [0.1, 0.15) is 0 Å². The first-order chi connectivity index (χ1) is 9.23. The van der Waals surface area contributed by atoms with Crippen molar-refractivity contribution in [2.45, 2.75) is 43.3 Å². The van der Waals surface area contributed by atoms with Crippen LogP contribution in [0.3, 0.4) is 0 Å². The van der Waals surface area contributed by atoms with E-state index in [9.17, 15) is 21.6 Å². The highest BCUT2D eigenvalue weighted by Crippen LogP contribution is 2.32. The van der Waals surface area contributed by atoms with Crippen molar-refractivity contribution in [3.05, 3.63) is 29.8 Å². The summed E-state index contributed by atoms with van der Waals surface area (Å²) in [6, 6.07) is 3.74. The molecule has 1 fully saturated rings. The zero-order valence-corrected chi connectivity index (χ0v) is 11.8. The highest BCUT2D eigenvalue weighted by Gasteiger charge is 2.34. The van der Waals surface area contributed by atoms with E-state index in [4.69, 9.17) is 0 Å². The Morgan fingerprint density at radius 1 is 1.25 bits per heavy atom. The van der Waals surface area contributed by atoms with E-state index < -0.39 is 21.8 Å². The number of alkyl halides is 3. The maximum atomic E-state index is 12.7. The summed E-state index contributed by atoms with van der Waals surface area (Å²) in [7, 11) is -3.86. The van der Waals surface area contributed by atoms with Crippen LogP contribution >= 0.6 is 0 Å². The molecule has 20 heavy (non-hydrogen) atoms. The third kappa shape index (κ3) is 2.98. The van der Waals surface area contributed by atoms with Crippen molar-refractivity contribution >= 4 is 10.0 Å². The van der Waals surface area contributed by atoms with Gasteiger partial charge in [-0.2, -0.15) is 17.5 Å². The molecule has 3 nitrogen and oxygen atoms in total. The summed E-state index contributed by atoms with van der Waals surface area (Å²) >= 11 is 0. The largest absolute Gasteiger partial charge is 0.416 e. The topological polar surface area (TPSA) is 37.4 Å². The summed E-state index contributed by atoms with van der Waals surface area (Å²) in [4.78, 5) is -0.291. The molecular formula is C13H16F3NO2S. The number of benzene rings is 1. The summed E-state index contributed by atoms with van der Waals surface area (Å²) in [5.41, 5.74) is -0.941. The monoisotopic (exact) mass is 307 g/mol. The van der Waals surface area contributed by atoms with Gasteiger partial charge < -0.3 is 0 Å². The molecule has 0 saturated carbocycles. The molecule has 1 aromatic carbocycles. The number of rotatable bonds is 2. The summed E-state index contributed by atoms with van der Waals surface area (Å²) in [5, 5.41) is 0. The van der Waals surface area contributed by atoms with Gasteiger partial charge in [-0.05, 0) is 38.0 Å². The van der Waals surface area contributed by atoms with Crippen LogP contribution in [-0.4, -0.2) is 25.3 Å². The smallest absolute Gasteiger partial charge is 0.207 e. The number of hydrogen-bond acceptors (Lipinski definition) is 2. The Morgan fingerprint density at radius 2 is 1.95 bits per heavy atom. The Balaban J connectivity index is 2.39. The summed E-state index contributed by atoms with van der Waals surface area (Å²) in [5.74, 6) is 0. The predicted octanol–water partition coefficient (Wildman–Crippen LogP) is 3.27. The molecule has 0 N–H and O–H groups in total. The maximum absolute atomic E-state index is 12.7. The van der Waals surface area contributed by atoms with E-state index in [1.807, 2.05) is 0 Å². The third-order valence-corrected chi connectivity index (χ3v) is 5.52. The fourth-order valence-electron chi connectivity index (χ4n) is 2.40. The second-order valence-electron chi connectivity index (χ2n) is 4.99. The van der Waals surface area contributed by atoms with Crippen LogP contribution in [0.1, 0.15) is 31.7 Å². The van der Waals surface area contributed by atoms with Gasteiger partial charge in [-0.25, -0.2) is 8.42 Å². The maximum Gasteiger partial charge on any atom is 0.416 e. The Bertz CT molecular complexity index is 584. The summed E-state index contributed by atoms with van der Waals surface area (Å²) < 4.78 is 64.2. The van der Waals surface area contributed by atoms with Crippen molar-refractivity contribution in [1.29, 1.82) is 0 Å². The zero-order chi connectivity index (χ0) is 15.0. The number of nitrogens with zero attached hydrogens (tertiary/aromatic N) is 1. The van der Waals surface area contributed by atoms with E-state index in [1.54, 1.807) is 6.92 Å². The summed E-state index contributed by atoms with van der Waals surface area (Å²) in [6.07, 6.45) is -2.13. The molecular weight excluding hydrogens is 291 g/mol. The van der Waals surface area contributed by atoms with Gasteiger partial charge in [-0.15, -0.1) is 0 Å². The lowest BCUT2D eigenvalue weighted by Crippen LogP contribution is -2.41. The van der Waals surface area contributed by atoms with Crippen molar-refractivity contribution in [3.8, 4) is 0 Å². The molecule has 0 spiro atoms. The van der Waals surface area contributed by atoms with Crippen molar-refractivity contribution < 1.29 is 21.6 Å². The van der Waals surface area contributed by atoms with E-state index in [2.05, 4.69) is 0 Å². The number of sulfonamides is 1. The number of piperidine rings is 1. The van der Waals surface area contributed by atoms with Crippen LogP contribution in [-0.2, 0) is 16.2 Å². The molecule has 0 aromatic heterocycles. The highest BCUT2D eigenvalue weighted by atomic mass is 32.2. The van der Waals surface area contributed by atoms with Gasteiger partial charge >= 0.3 is 6.18 Å². The molecule has 1 unspecified atom stereocenters. The molecule has 1 aromatic rings. The molecule has 7 heteroatoms. The molecule has 0 amide bonds. The van der Waals surface area contributed by atoms with Gasteiger partial charge in [0.05, 0.1) is 10.5 Å². The lowest BCUT2D eigenvalue weighted by atomic mass is 10.1.